The Bertz CT molecular complexity index is 1080. The molecule has 6 heteroatoms. The van der Waals surface area contributed by atoms with Gasteiger partial charge in [-0.05, 0) is 49.4 Å². The summed E-state index contributed by atoms with van der Waals surface area (Å²) in [4.78, 5) is 17.3. The van der Waals surface area contributed by atoms with Crippen LogP contribution in [0.2, 0.25) is 0 Å². The van der Waals surface area contributed by atoms with E-state index in [2.05, 4.69) is 20.9 Å². The average Bonchev–Trinajstić information content (AvgIpc) is 3.06. The number of halogens is 1. The third-order valence-corrected chi connectivity index (χ3v) is 4.24. The molecule has 0 radical (unpaired) electrons. The van der Waals surface area contributed by atoms with Crippen LogP contribution in [0.5, 0.6) is 0 Å². The number of aromatic nitrogens is 2. The molecule has 0 amide bonds. The maximum Gasteiger partial charge on any atom is 0.299 e. The molecule has 0 aliphatic carbocycles. The highest BCUT2D eigenvalue weighted by molar-refractivity contribution is 9.10. The second-order valence-corrected chi connectivity index (χ2v) is 6.26. The number of hydrogen-bond acceptors (Lipinski definition) is 4. The van der Waals surface area contributed by atoms with Crippen molar-refractivity contribution < 1.29 is 9.21 Å². The molecule has 2 N–H and O–H groups in total. The molecule has 0 spiro atoms. The Morgan fingerprint density at radius 2 is 2.04 bits per heavy atom. The fourth-order valence-corrected chi connectivity index (χ4v) is 3.03. The largest absolute Gasteiger partial charge is 0.451 e. The van der Waals surface area contributed by atoms with Crippen LogP contribution in [0.15, 0.2) is 51.4 Å². The molecule has 0 saturated carbocycles. The van der Waals surface area contributed by atoms with Gasteiger partial charge in [0.2, 0.25) is 0 Å². The molecule has 2 aromatic carbocycles. The summed E-state index contributed by atoms with van der Waals surface area (Å²) in [6.07, 6.45) is 0. The number of carbonyl (C=O) groups excluding carboxylic acids is 1. The van der Waals surface area contributed by atoms with Crippen LogP contribution in [0.4, 0.5) is 5.69 Å². The Labute approximate surface area is 139 Å². The van der Waals surface area contributed by atoms with Crippen LogP contribution in [0.1, 0.15) is 16.4 Å². The molecule has 5 nitrogen and oxygen atoms in total. The van der Waals surface area contributed by atoms with Crippen molar-refractivity contribution >= 4 is 49.5 Å². The van der Waals surface area contributed by atoms with Crippen molar-refractivity contribution in [3.05, 3.63) is 58.5 Å². The molecule has 0 fully saturated rings. The quantitative estimate of drug-likeness (QED) is 0.512. The van der Waals surface area contributed by atoms with Gasteiger partial charge in [-0.3, -0.25) is 9.36 Å². The standard InChI is InChI=1S/C17H12BrN3O2/c1-9-20-13-5-4-12(19)8-14(13)21(9)17(22)16-6-10-2-3-11(18)7-15(10)23-16/h2-8H,19H2,1H3. The van der Waals surface area contributed by atoms with Crippen molar-refractivity contribution in [1.82, 2.24) is 9.55 Å². The molecule has 0 saturated heterocycles. The zero-order valence-electron chi connectivity index (χ0n) is 12.2. The molecule has 0 aliphatic heterocycles. The number of anilines is 1. The minimum absolute atomic E-state index is 0.261. The third kappa shape index (κ3) is 2.22. The molecule has 0 atom stereocenters. The Hall–Kier alpha value is -2.60. The molecule has 23 heavy (non-hydrogen) atoms. The molecule has 4 aromatic rings. The fraction of sp³-hybridized carbons (Fsp3) is 0.0588. The molecule has 2 aromatic heterocycles. The highest BCUT2D eigenvalue weighted by atomic mass is 79.9. The number of nitrogen functional groups attached to an aromatic ring is 1. The topological polar surface area (TPSA) is 74.0 Å². The highest BCUT2D eigenvalue weighted by Gasteiger charge is 2.19. The van der Waals surface area contributed by atoms with Crippen molar-refractivity contribution in [2.45, 2.75) is 6.92 Å². The van der Waals surface area contributed by atoms with Gasteiger partial charge in [-0.2, -0.15) is 0 Å². The average molecular weight is 370 g/mol. The van der Waals surface area contributed by atoms with Crippen molar-refractivity contribution in [2.75, 3.05) is 5.73 Å². The molecule has 0 unspecified atom stereocenters. The second kappa shape index (κ2) is 4.96. The number of nitrogens with zero attached hydrogens (tertiary/aromatic N) is 2. The van der Waals surface area contributed by atoms with Crippen molar-refractivity contribution in [3.8, 4) is 0 Å². The van der Waals surface area contributed by atoms with Gasteiger partial charge in [0.15, 0.2) is 5.76 Å². The predicted octanol–water partition coefficient (Wildman–Crippen LogP) is 4.12. The van der Waals surface area contributed by atoms with Crippen LogP contribution < -0.4 is 5.73 Å². The van der Waals surface area contributed by atoms with Gasteiger partial charge < -0.3 is 10.2 Å². The van der Waals surface area contributed by atoms with Gasteiger partial charge in [0, 0.05) is 15.5 Å². The summed E-state index contributed by atoms with van der Waals surface area (Å²) in [6.45, 7) is 1.79. The number of nitrogens with two attached hydrogens (primary N) is 1. The zero-order valence-corrected chi connectivity index (χ0v) is 13.8. The molecule has 4 rings (SSSR count). The number of aryl methyl sites for hydroxylation is 1. The molecule has 2 heterocycles. The van der Waals surface area contributed by atoms with E-state index in [1.165, 1.54) is 4.57 Å². The first kappa shape index (κ1) is 14.0. The maximum absolute atomic E-state index is 12.9. The van der Waals surface area contributed by atoms with Gasteiger partial charge >= 0.3 is 0 Å². The smallest absolute Gasteiger partial charge is 0.299 e. The van der Waals surface area contributed by atoms with Crippen molar-refractivity contribution in [2.24, 2.45) is 0 Å². The minimum atomic E-state index is -0.261. The van der Waals surface area contributed by atoms with Crippen LogP contribution >= 0.6 is 15.9 Å². The number of benzene rings is 2. The van der Waals surface area contributed by atoms with E-state index in [1.807, 2.05) is 18.2 Å². The zero-order chi connectivity index (χ0) is 16.1. The van der Waals surface area contributed by atoms with E-state index >= 15 is 0 Å². The predicted molar refractivity (Wildman–Crippen MR) is 92.5 cm³/mol. The molecule has 0 aliphatic rings. The first-order valence-electron chi connectivity index (χ1n) is 7.01. The van der Waals surface area contributed by atoms with E-state index in [0.29, 0.717) is 22.6 Å². The van der Waals surface area contributed by atoms with Gasteiger partial charge in [0.1, 0.15) is 11.4 Å². The third-order valence-electron chi connectivity index (χ3n) is 3.74. The summed E-state index contributed by atoms with van der Waals surface area (Å²) in [5.74, 6) is 0.600. The van der Waals surface area contributed by atoms with Gasteiger partial charge in [-0.15, -0.1) is 0 Å². The monoisotopic (exact) mass is 369 g/mol. The second-order valence-electron chi connectivity index (χ2n) is 5.34. The summed E-state index contributed by atoms with van der Waals surface area (Å²) >= 11 is 3.40. The van der Waals surface area contributed by atoms with E-state index in [1.54, 1.807) is 31.2 Å². The molecule has 0 bridgehead atoms. The summed E-state index contributed by atoms with van der Waals surface area (Å²) < 4.78 is 8.13. The molecule has 114 valence electrons. The lowest BCUT2D eigenvalue weighted by molar-refractivity contribution is 0.0937. The fourth-order valence-electron chi connectivity index (χ4n) is 2.69. The number of hydrogen-bond donors (Lipinski definition) is 1. The van der Waals surface area contributed by atoms with E-state index in [-0.39, 0.29) is 11.7 Å². The maximum atomic E-state index is 12.9. The van der Waals surface area contributed by atoms with E-state index < -0.39 is 0 Å². The summed E-state index contributed by atoms with van der Waals surface area (Å²) in [6, 6.07) is 12.7. The minimum Gasteiger partial charge on any atom is -0.451 e. The lowest BCUT2D eigenvalue weighted by atomic mass is 10.2. The number of imidazole rings is 1. The van der Waals surface area contributed by atoms with Gasteiger partial charge in [-0.25, -0.2) is 4.98 Å². The SMILES string of the molecule is Cc1nc2ccc(N)cc2n1C(=O)c1cc2ccc(Br)cc2o1. The van der Waals surface area contributed by atoms with E-state index in [0.717, 1.165) is 15.4 Å². The van der Waals surface area contributed by atoms with Crippen molar-refractivity contribution in [3.63, 3.8) is 0 Å². The lowest BCUT2D eigenvalue weighted by Gasteiger charge is -2.03. The lowest BCUT2D eigenvalue weighted by Crippen LogP contribution is -2.12. The summed E-state index contributed by atoms with van der Waals surface area (Å²) in [5.41, 5.74) is 8.48. The van der Waals surface area contributed by atoms with Gasteiger partial charge in [0.25, 0.3) is 5.91 Å². The van der Waals surface area contributed by atoms with Gasteiger partial charge in [-0.1, -0.05) is 15.9 Å². The number of rotatable bonds is 1. The normalized spacial score (nSPS) is 11.4. The van der Waals surface area contributed by atoms with E-state index in [4.69, 9.17) is 10.2 Å². The highest BCUT2D eigenvalue weighted by Crippen LogP contribution is 2.26. The van der Waals surface area contributed by atoms with Crippen LogP contribution in [-0.2, 0) is 0 Å². The molecular formula is C17H12BrN3O2. The first-order chi connectivity index (χ1) is 11.0. The summed E-state index contributed by atoms with van der Waals surface area (Å²) in [5, 5.41) is 0.873. The molecular weight excluding hydrogens is 358 g/mol. The Morgan fingerprint density at radius 3 is 2.87 bits per heavy atom. The van der Waals surface area contributed by atoms with Crippen molar-refractivity contribution in [1.29, 1.82) is 0 Å². The number of fused-ring (bicyclic) bond motifs is 2. The number of furan rings is 1. The van der Waals surface area contributed by atoms with Crippen LogP contribution in [0, 0.1) is 6.92 Å². The Morgan fingerprint density at radius 1 is 1.22 bits per heavy atom. The Balaban J connectivity index is 1.90. The van der Waals surface area contributed by atoms with Crippen LogP contribution in [0.3, 0.4) is 0 Å². The first-order valence-corrected chi connectivity index (χ1v) is 7.80. The number of carbonyl (C=O) groups is 1. The van der Waals surface area contributed by atoms with Gasteiger partial charge in [0.05, 0.1) is 11.0 Å². The van der Waals surface area contributed by atoms with E-state index in [9.17, 15) is 4.79 Å². The Kier molecular flexibility index (Phi) is 3.02. The summed E-state index contributed by atoms with van der Waals surface area (Å²) in [7, 11) is 0. The van der Waals surface area contributed by atoms with Crippen LogP contribution in [-0.4, -0.2) is 15.5 Å². The van der Waals surface area contributed by atoms with Crippen LogP contribution in [0.25, 0.3) is 22.0 Å².